The van der Waals surface area contributed by atoms with E-state index >= 15 is 0 Å². The predicted molar refractivity (Wildman–Crippen MR) is 34.5 cm³/mol. The van der Waals surface area contributed by atoms with Gasteiger partial charge in [0.2, 0.25) is 0 Å². The average molecular weight is 731 g/mol. The molecule has 0 saturated carbocycles. The number of hydrogen-bond acceptors (Lipinski definition) is 0. The van der Waals surface area contributed by atoms with Crippen LogP contribution in [0.25, 0.3) is 0 Å². The van der Waals surface area contributed by atoms with Gasteiger partial charge in [-0.25, -0.2) is 0 Å². The van der Waals surface area contributed by atoms with Crippen molar-refractivity contribution in [3.05, 3.63) is 0 Å². The van der Waals surface area contributed by atoms with Crippen molar-refractivity contribution in [1.82, 2.24) is 0 Å². The van der Waals surface area contributed by atoms with Crippen LogP contribution in [-0.4, -0.2) is 147 Å². The van der Waals surface area contributed by atoms with Gasteiger partial charge in [-0.3, -0.25) is 0 Å². The molecule has 0 bridgehead atoms. The second-order valence-electron chi connectivity index (χ2n) is 0. The Labute approximate surface area is 143 Å². The van der Waals surface area contributed by atoms with Crippen LogP contribution in [0, 0.1) is 0 Å². The zero-order valence-corrected chi connectivity index (χ0v) is 18.0. The van der Waals surface area contributed by atoms with Crippen molar-refractivity contribution >= 4 is 147 Å². The van der Waals surface area contributed by atoms with Gasteiger partial charge in [-0.05, 0) is 0 Å². The van der Waals surface area contributed by atoms with Crippen LogP contribution in [0.2, 0.25) is 0 Å². The topological polar surface area (TPSA) is 0 Å². The van der Waals surface area contributed by atoms with E-state index in [0.717, 1.165) is 0 Å². The maximum Gasteiger partial charge on any atom is 0 e. The first kappa shape index (κ1) is 44.4. The van der Waals surface area contributed by atoms with Crippen LogP contribution in [0.15, 0.2) is 0 Å². The van der Waals surface area contributed by atoms with Gasteiger partial charge >= 0.3 is 0 Å². The predicted octanol–water partition coefficient (Wildman–Crippen LogP) is -2.28. The summed E-state index contributed by atoms with van der Waals surface area (Å²) >= 11 is 0. The first-order chi connectivity index (χ1) is 0. The van der Waals surface area contributed by atoms with Crippen LogP contribution >= 0.6 is 0 Å². The Bertz CT molecular complexity index is 0. The summed E-state index contributed by atoms with van der Waals surface area (Å²) in [6.45, 7) is 0. The second kappa shape index (κ2) is 32.6. The molecule has 0 saturated heterocycles. The van der Waals surface area contributed by atoms with Crippen LogP contribution < -0.4 is 0 Å². The molecule has 0 fully saturated rings. The molecule has 0 aromatic heterocycles. The normalized spacial score (nSPS) is 0. The van der Waals surface area contributed by atoms with E-state index in [2.05, 4.69) is 0 Å². The van der Waals surface area contributed by atoms with Crippen molar-refractivity contribution in [2.75, 3.05) is 0 Å². The molecule has 0 aliphatic carbocycles. The van der Waals surface area contributed by atoms with Gasteiger partial charge in [0, 0.05) is 147 Å². The molecule has 0 atom stereocenters. The third-order valence-electron chi connectivity index (χ3n) is 0. The summed E-state index contributed by atoms with van der Waals surface area (Å²) in [5.41, 5.74) is 0. The Morgan fingerprint density at radius 2 is 0.167 bits per heavy atom. The van der Waals surface area contributed by atoms with Crippen molar-refractivity contribution in [2.24, 2.45) is 0 Å². The summed E-state index contributed by atoms with van der Waals surface area (Å²) in [6, 6.07) is 0. The van der Waals surface area contributed by atoms with Crippen LogP contribution in [0.3, 0.4) is 0 Å². The minimum absolute atomic E-state index is 0. The number of hydrogen-bond donors (Lipinski definition) is 0. The summed E-state index contributed by atoms with van der Waals surface area (Å²) in [7, 11) is 0. The van der Waals surface area contributed by atoms with E-state index in [4.69, 9.17) is 0 Å². The summed E-state index contributed by atoms with van der Waals surface area (Å²) < 4.78 is 0. The molecule has 0 rings (SSSR count). The van der Waals surface area contributed by atoms with Gasteiger partial charge in [0.25, 0.3) is 0 Å². The third-order valence-corrected chi connectivity index (χ3v) is 0. The van der Waals surface area contributed by atoms with Crippen LogP contribution in [0.4, 0.5) is 0 Å². The molecule has 0 heterocycles. The molecule has 6 heteroatoms. The first-order valence-corrected chi connectivity index (χ1v) is 0. The van der Waals surface area contributed by atoms with Crippen molar-refractivity contribution < 1.29 is 0 Å². The largest absolute Gasteiger partial charge is 0 e. The van der Waals surface area contributed by atoms with Gasteiger partial charge in [0.05, 0.1) is 0 Å². The van der Waals surface area contributed by atoms with E-state index in [0.29, 0.717) is 0 Å². The van der Waals surface area contributed by atoms with Gasteiger partial charge < -0.3 is 0 Å². The zero-order chi connectivity index (χ0) is 0. The van der Waals surface area contributed by atoms with Crippen molar-refractivity contribution in [3.8, 4) is 0 Å². The quantitative estimate of drug-likeness (QED) is 0.247. The first-order valence-electron chi connectivity index (χ1n) is 0. The molecule has 0 unspecified atom stereocenters. The Balaban J connectivity index is 0. The fraction of sp³-hybridized carbons (Fsp3) is 0. The molecule has 0 aromatic carbocycles. The molecule has 0 N–H and O–H groups in total. The van der Waals surface area contributed by atoms with Gasteiger partial charge in [0.15, 0.2) is 0 Å². The fourth-order valence-corrected chi connectivity index (χ4v) is 0. The summed E-state index contributed by atoms with van der Waals surface area (Å²) in [4.78, 5) is 0. The maximum absolute atomic E-state index is 0. The second-order valence-corrected chi connectivity index (χ2v) is 0. The minimum atomic E-state index is 0. The van der Waals surface area contributed by atoms with E-state index in [-0.39, 0.29) is 147 Å². The Kier molecular flexibility index (Phi) is 242. The van der Waals surface area contributed by atoms with Gasteiger partial charge in [-0.2, -0.15) is 0 Å². The monoisotopic (exact) mass is 725 g/mol. The molecule has 0 nitrogen and oxygen atoms in total. The van der Waals surface area contributed by atoms with E-state index in [1.54, 1.807) is 0 Å². The minimum Gasteiger partial charge on any atom is 0 e. The fourth-order valence-electron chi connectivity index (χ4n) is 0. The van der Waals surface area contributed by atoms with E-state index in [1.165, 1.54) is 0 Å². The maximum atomic E-state index is 0. The number of rotatable bonds is 0. The van der Waals surface area contributed by atoms with Gasteiger partial charge in [0.1, 0.15) is 0 Å². The molecule has 6 heavy (non-hydrogen) atoms. The molecule has 0 spiro atoms. The van der Waals surface area contributed by atoms with E-state index in [9.17, 15) is 0 Å². The van der Waals surface area contributed by atoms with Crippen LogP contribution in [0.1, 0.15) is 0 Å². The Morgan fingerprint density at radius 3 is 0.167 bits per heavy atom. The molecule has 18 radical (unpaired) electrons. The van der Waals surface area contributed by atoms with Crippen molar-refractivity contribution in [3.63, 3.8) is 0 Å². The van der Waals surface area contributed by atoms with Crippen LogP contribution in [0.5, 0.6) is 0 Å². The van der Waals surface area contributed by atoms with Gasteiger partial charge in [-0.15, -0.1) is 0 Å². The van der Waals surface area contributed by atoms with E-state index in [1.807, 2.05) is 0 Å². The Morgan fingerprint density at radius 1 is 0.167 bits per heavy atom. The molecule has 30 valence electrons. The third kappa shape index (κ3) is 23.1. The Hall–Kier alpha value is 4.91. The molecule has 0 aliphatic rings. The zero-order valence-electron chi connectivity index (χ0n) is 2.68. The average Bonchev–Trinajstić information content (AvgIpc) is 0. The molecule has 0 amide bonds. The summed E-state index contributed by atoms with van der Waals surface area (Å²) in [6.07, 6.45) is 0. The smallest absolute Gasteiger partial charge is 0 e. The SMILES string of the molecule is [Sb].[Sb].[Sb].[Sb].[Sb].[Sb]. The molecule has 0 aromatic rings. The molecule has 0 aliphatic heterocycles. The van der Waals surface area contributed by atoms with Gasteiger partial charge in [-0.1, -0.05) is 0 Å². The standard InChI is InChI=1S/6Sb. The summed E-state index contributed by atoms with van der Waals surface area (Å²) in [5.74, 6) is 0. The molecular weight excluding hydrogens is 731 g/mol. The van der Waals surface area contributed by atoms with Crippen molar-refractivity contribution in [2.45, 2.75) is 0 Å². The van der Waals surface area contributed by atoms with E-state index < -0.39 is 0 Å². The van der Waals surface area contributed by atoms with Crippen LogP contribution in [-0.2, 0) is 0 Å². The summed E-state index contributed by atoms with van der Waals surface area (Å²) in [5, 5.41) is 0. The van der Waals surface area contributed by atoms with Crippen molar-refractivity contribution in [1.29, 1.82) is 0 Å². The molecular formula is Sb6.